The van der Waals surface area contributed by atoms with E-state index < -0.39 is 12.1 Å². The fourth-order valence-corrected chi connectivity index (χ4v) is 2.41. The molecule has 1 aliphatic carbocycles. The van der Waals surface area contributed by atoms with Crippen LogP contribution >= 0.6 is 11.5 Å². The van der Waals surface area contributed by atoms with Crippen molar-refractivity contribution >= 4 is 28.8 Å². The molecule has 3 rings (SSSR count). The fourth-order valence-electron chi connectivity index (χ4n) is 1.83. The molecule has 28 heavy (non-hydrogen) atoms. The van der Waals surface area contributed by atoms with Crippen molar-refractivity contribution in [3.05, 3.63) is 41.5 Å². The summed E-state index contributed by atoms with van der Waals surface area (Å²) in [6.07, 6.45) is 1.20. The van der Waals surface area contributed by atoms with Crippen molar-refractivity contribution in [2.45, 2.75) is 25.9 Å². The average molecular weight is 406 g/mol. The van der Waals surface area contributed by atoms with Gasteiger partial charge in [0.1, 0.15) is 5.82 Å². The van der Waals surface area contributed by atoms with E-state index in [0.29, 0.717) is 17.3 Å². The number of anilines is 1. The summed E-state index contributed by atoms with van der Waals surface area (Å²) in [7, 11) is 1.39. The summed E-state index contributed by atoms with van der Waals surface area (Å²) < 4.78 is 17.0. The Hall–Kier alpha value is -3.26. The topological polar surface area (TPSA) is 131 Å². The molecule has 0 saturated heterocycles. The number of benzene rings is 1. The van der Waals surface area contributed by atoms with Gasteiger partial charge < -0.3 is 15.3 Å². The Morgan fingerprint density at radius 2 is 2.21 bits per heavy atom. The van der Waals surface area contributed by atoms with Gasteiger partial charge in [0.05, 0.1) is 12.6 Å². The van der Waals surface area contributed by atoms with Crippen LogP contribution in [0.25, 0.3) is 0 Å². The van der Waals surface area contributed by atoms with Crippen molar-refractivity contribution in [3.8, 4) is 6.07 Å². The van der Waals surface area contributed by atoms with Crippen LogP contribution in [-0.4, -0.2) is 38.5 Å². The van der Waals surface area contributed by atoms with Gasteiger partial charge in [0, 0.05) is 31.0 Å². The largest absolute Gasteiger partial charge is 0.465 e. The molecule has 0 spiro atoms. The molecule has 1 heterocycles. The lowest BCUT2D eigenvalue weighted by Crippen LogP contribution is -2.28. The van der Waals surface area contributed by atoms with Crippen molar-refractivity contribution < 1.29 is 19.1 Å². The maximum absolute atomic E-state index is 13.0. The van der Waals surface area contributed by atoms with Gasteiger partial charge in [-0.2, -0.15) is 9.64 Å². The van der Waals surface area contributed by atoms with E-state index in [1.807, 2.05) is 0 Å². The number of carbonyl (C=O) groups is 2. The average Bonchev–Trinajstić information content (AvgIpc) is 3.41. The standard InChI is InChI=1S/C13H14FN5O3S.C4H5N/c1-19(13(21)22)7-10-16-12(23-18-10)17-11(20)15-6-8-3-2-4-9(14)5-8;5-3-4-1-2-4/h2-5H,6-7H2,1H3,(H,21,22)(H2,15,16,17,18,20);4H,1-2H2. The van der Waals surface area contributed by atoms with Crippen LogP contribution in [0.4, 0.5) is 19.1 Å². The maximum atomic E-state index is 13.0. The lowest BCUT2D eigenvalue weighted by atomic mass is 10.2. The van der Waals surface area contributed by atoms with E-state index in [9.17, 15) is 14.0 Å². The van der Waals surface area contributed by atoms with E-state index in [0.717, 1.165) is 29.3 Å². The molecule has 148 valence electrons. The molecule has 1 fully saturated rings. The number of nitrogens with zero attached hydrogens (tertiary/aromatic N) is 4. The van der Waals surface area contributed by atoms with E-state index in [1.54, 1.807) is 12.1 Å². The highest BCUT2D eigenvalue weighted by atomic mass is 32.1. The minimum absolute atomic E-state index is 0.0262. The summed E-state index contributed by atoms with van der Waals surface area (Å²) in [5, 5.41) is 22.0. The molecule has 1 aromatic carbocycles. The smallest absolute Gasteiger partial charge is 0.407 e. The van der Waals surface area contributed by atoms with Crippen molar-refractivity contribution in [2.24, 2.45) is 5.92 Å². The predicted molar refractivity (Wildman–Crippen MR) is 100.0 cm³/mol. The normalized spacial score (nSPS) is 12.2. The fraction of sp³-hybridized carbons (Fsp3) is 0.353. The number of hydrogen-bond donors (Lipinski definition) is 3. The summed E-state index contributed by atoms with van der Waals surface area (Å²) in [5.41, 5.74) is 0.626. The Morgan fingerprint density at radius 3 is 2.79 bits per heavy atom. The molecule has 2 aromatic rings. The van der Waals surface area contributed by atoms with Crippen LogP contribution in [-0.2, 0) is 13.1 Å². The van der Waals surface area contributed by atoms with E-state index in [2.05, 4.69) is 26.1 Å². The van der Waals surface area contributed by atoms with Crippen LogP contribution in [0.15, 0.2) is 24.3 Å². The monoisotopic (exact) mass is 406 g/mol. The molecule has 1 saturated carbocycles. The highest BCUT2D eigenvalue weighted by Crippen LogP contribution is 2.26. The van der Waals surface area contributed by atoms with Crippen LogP contribution in [0.3, 0.4) is 0 Å². The van der Waals surface area contributed by atoms with Gasteiger partial charge in [-0.1, -0.05) is 12.1 Å². The number of rotatable bonds is 5. The van der Waals surface area contributed by atoms with E-state index >= 15 is 0 Å². The van der Waals surface area contributed by atoms with Crippen LogP contribution in [0.2, 0.25) is 0 Å². The third kappa shape index (κ3) is 7.55. The zero-order chi connectivity index (χ0) is 20.5. The zero-order valence-electron chi connectivity index (χ0n) is 15.1. The first-order chi connectivity index (χ1) is 13.4. The first-order valence-corrected chi connectivity index (χ1v) is 9.10. The molecule has 11 heteroatoms. The molecule has 0 unspecified atom stereocenters. The molecule has 0 atom stereocenters. The second-order valence-electron chi connectivity index (χ2n) is 6.00. The Kier molecular flexibility index (Phi) is 7.65. The lowest BCUT2D eigenvalue weighted by Gasteiger charge is -2.09. The SMILES string of the molecule is CN(Cc1nsc(NC(=O)NCc2cccc(F)c2)n1)C(=O)O.N#CC1CC1. The number of halogens is 1. The summed E-state index contributed by atoms with van der Waals surface area (Å²) in [6.45, 7) is 0.190. The first kappa shape index (κ1) is 21.0. The number of carboxylic acid groups (broad SMARTS) is 1. The van der Waals surface area contributed by atoms with Gasteiger partial charge in [-0.3, -0.25) is 5.32 Å². The Balaban J connectivity index is 0.000000485. The third-order valence-corrected chi connectivity index (χ3v) is 4.16. The number of aromatic nitrogens is 2. The summed E-state index contributed by atoms with van der Waals surface area (Å²) in [4.78, 5) is 27.5. The highest BCUT2D eigenvalue weighted by Gasteiger charge is 2.19. The van der Waals surface area contributed by atoms with Crippen LogP contribution in [0.5, 0.6) is 0 Å². The Labute approximate surface area is 165 Å². The van der Waals surface area contributed by atoms with Gasteiger partial charge in [0.25, 0.3) is 0 Å². The van der Waals surface area contributed by atoms with Crippen molar-refractivity contribution in [3.63, 3.8) is 0 Å². The molecule has 9 nitrogen and oxygen atoms in total. The lowest BCUT2D eigenvalue weighted by molar-refractivity contribution is 0.153. The molecule has 0 bridgehead atoms. The van der Waals surface area contributed by atoms with E-state index in [1.165, 1.54) is 19.2 Å². The first-order valence-electron chi connectivity index (χ1n) is 8.33. The number of nitriles is 1. The second-order valence-corrected chi connectivity index (χ2v) is 6.75. The number of hydrogen-bond acceptors (Lipinski definition) is 6. The zero-order valence-corrected chi connectivity index (χ0v) is 15.9. The van der Waals surface area contributed by atoms with Crippen LogP contribution in [0.1, 0.15) is 24.2 Å². The predicted octanol–water partition coefficient (Wildman–Crippen LogP) is 3.03. The number of urea groups is 1. The number of carbonyl (C=O) groups excluding carboxylic acids is 1. The second kappa shape index (κ2) is 10.2. The van der Waals surface area contributed by atoms with E-state index in [-0.39, 0.29) is 24.0 Å². The molecule has 3 amide bonds. The summed E-state index contributed by atoms with van der Waals surface area (Å²) in [6, 6.07) is 7.52. The Bertz CT molecular complexity index is 865. The van der Waals surface area contributed by atoms with Gasteiger partial charge >= 0.3 is 12.1 Å². The summed E-state index contributed by atoms with van der Waals surface area (Å²) in [5.74, 6) is 0.358. The third-order valence-electron chi connectivity index (χ3n) is 3.50. The molecular formula is C17H19FN6O3S. The van der Waals surface area contributed by atoms with Gasteiger partial charge in [0.15, 0.2) is 5.82 Å². The molecule has 0 radical (unpaired) electrons. The molecular weight excluding hydrogens is 387 g/mol. The number of amides is 3. The van der Waals surface area contributed by atoms with Crippen LogP contribution < -0.4 is 10.6 Å². The quantitative estimate of drug-likeness (QED) is 0.699. The van der Waals surface area contributed by atoms with E-state index in [4.69, 9.17) is 10.4 Å². The molecule has 3 N–H and O–H groups in total. The minimum Gasteiger partial charge on any atom is -0.465 e. The molecule has 1 aliphatic rings. The van der Waals surface area contributed by atoms with Crippen molar-refractivity contribution in [1.29, 1.82) is 5.26 Å². The molecule has 0 aliphatic heterocycles. The van der Waals surface area contributed by atoms with Gasteiger partial charge in [0.2, 0.25) is 5.13 Å². The minimum atomic E-state index is -1.10. The van der Waals surface area contributed by atoms with Gasteiger partial charge in [-0.05, 0) is 30.5 Å². The van der Waals surface area contributed by atoms with Gasteiger partial charge in [-0.25, -0.2) is 19.0 Å². The number of nitrogens with one attached hydrogen (secondary N) is 2. The Morgan fingerprint density at radius 1 is 1.46 bits per heavy atom. The van der Waals surface area contributed by atoms with Crippen LogP contribution in [0, 0.1) is 23.1 Å². The van der Waals surface area contributed by atoms with Gasteiger partial charge in [-0.15, -0.1) is 0 Å². The van der Waals surface area contributed by atoms with Crippen molar-refractivity contribution in [2.75, 3.05) is 12.4 Å². The maximum Gasteiger partial charge on any atom is 0.407 e. The summed E-state index contributed by atoms with van der Waals surface area (Å²) >= 11 is 0.943. The van der Waals surface area contributed by atoms with Crippen molar-refractivity contribution in [1.82, 2.24) is 19.6 Å². The molecule has 1 aromatic heterocycles. The highest BCUT2D eigenvalue weighted by molar-refractivity contribution is 7.09.